The SMILES string of the molecule is CCC(CC)C1OC2(c3ccccc3)OC(=N)C(C#N)(C2CC)C1(C#N)C#N. The third kappa shape index (κ3) is 2.12. The highest BCUT2D eigenvalue weighted by Gasteiger charge is 2.80. The van der Waals surface area contributed by atoms with Gasteiger partial charge < -0.3 is 9.47 Å². The second kappa shape index (κ2) is 6.93. The summed E-state index contributed by atoms with van der Waals surface area (Å²) in [7, 11) is 0. The van der Waals surface area contributed by atoms with Crippen molar-refractivity contribution >= 4 is 5.90 Å². The van der Waals surface area contributed by atoms with Crippen LogP contribution in [-0.4, -0.2) is 12.0 Å². The first-order chi connectivity index (χ1) is 13.5. The van der Waals surface area contributed by atoms with E-state index in [9.17, 15) is 15.8 Å². The van der Waals surface area contributed by atoms with Crippen LogP contribution in [0.15, 0.2) is 30.3 Å². The first-order valence-electron chi connectivity index (χ1n) is 9.73. The summed E-state index contributed by atoms with van der Waals surface area (Å²) in [6, 6.07) is 15.7. The van der Waals surface area contributed by atoms with Crippen LogP contribution in [0.25, 0.3) is 0 Å². The smallest absolute Gasteiger partial charge is 0.244 e. The quantitative estimate of drug-likeness (QED) is 0.825. The van der Waals surface area contributed by atoms with Crippen molar-refractivity contribution < 1.29 is 9.47 Å². The number of nitriles is 3. The fraction of sp³-hybridized carbons (Fsp3) is 0.545. The Morgan fingerprint density at radius 1 is 1.04 bits per heavy atom. The standard InChI is InChI=1S/C22H24N4O2/c1-4-15(5-2)18-20(12-23,13-24)21(14-25)17(6-3)22(27-18,28-19(21)26)16-10-8-7-9-11-16/h7-11,15,17-18,26H,4-6H2,1-3H3. The van der Waals surface area contributed by atoms with E-state index in [1.54, 1.807) is 0 Å². The van der Waals surface area contributed by atoms with Crippen LogP contribution in [0, 0.1) is 62.1 Å². The van der Waals surface area contributed by atoms with Gasteiger partial charge >= 0.3 is 0 Å². The number of rotatable bonds is 5. The molecule has 0 amide bonds. The van der Waals surface area contributed by atoms with Gasteiger partial charge in [0.1, 0.15) is 0 Å². The van der Waals surface area contributed by atoms with Gasteiger partial charge in [-0.3, -0.25) is 5.41 Å². The van der Waals surface area contributed by atoms with Crippen LogP contribution in [0.5, 0.6) is 0 Å². The molecule has 2 aliphatic heterocycles. The Kier molecular flexibility index (Phi) is 4.92. The predicted octanol–water partition coefficient (Wildman–Crippen LogP) is 4.25. The van der Waals surface area contributed by atoms with Gasteiger partial charge in [-0.05, 0) is 12.3 Å². The number of nitrogens with one attached hydrogen (secondary N) is 1. The van der Waals surface area contributed by atoms with Crippen LogP contribution in [-0.2, 0) is 15.3 Å². The van der Waals surface area contributed by atoms with Gasteiger partial charge in [0, 0.05) is 5.56 Å². The normalized spacial score (nSPS) is 32.8. The van der Waals surface area contributed by atoms with Gasteiger partial charge in [-0.2, -0.15) is 15.8 Å². The molecule has 4 atom stereocenters. The Balaban J connectivity index is 2.38. The minimum Gasteiger partial charge on any atom is -0.443 e. The highest BCUT2D eigenvalue weighted by atomic mass is 16.7. The zero-order valence-corrected chi connectivity index (χ0v) is 16.4. The molecule has 0 saturated carbocycles. The molecular weight excluding hydrogens is 352 g/mol. The second-order valence-corrected chi connectivity index (χ2v) is 7.49. The van der Waals surface area contributed by atoms with Gasteiger partial charge in [0.25, 0.3) is 0 Å². The third-order valence-corrected chi connectivity index (χ3v) is 6.53. The molecule has 2 heterocycles. The number of benzene rings is 1. The largest absolute Gasteiger partial charge is 0.443 e. The summed E-state index contributed by atoms with van der Waals surface area (Å²) in [6.45, 7) is 5.83. The molecule has 6 heteroatoms. The molecule has 2 fully saturated rings. The van der Waals surface area contributed by atoms with Crippen LogP contribution in [0.4, 0.5) is 0 Å². The Labute approximate surface area is 165 Å². The highest BCUT2D eigenvalue weighted by molar-refractivity contribution is 5.89. The van der Waals surface area contributed by atoms with Gasteiger partial charge in [0.15, 0.2) is 10.8 Å². The van der Waals surface area contributed by atoms with E-state index in [0.717, 1.165) is 0 Å². The molecule has 2 saturated heterocycles. The van der Waals surface area contributed by atoms with Crippen molar-refractivity contribution in [3.8, 4) is 18.2 Å². The Hall–Kier alpha value is -2.88. The molecule has 0 spiro atoms. The molecule has 0 radical (unpaired) electrons. The lowest BCUT2D eigenvalue weighted by molar-refractivity contribution is -0.300. The Morgan fingerprint density at radius 3 is 2.11 bits per heavy atom. The molecule has 0 aliphatic carbocycles. The van der Waals surface area contributed by atoms with E-state index in [4.69, 9.17) is 14.9 Å². The maximum Gasteiger partial charge on any atom is 0.244 e. The average molecular weight is 376 g/mol. The molecule has 2 aliphatic rings. The molecule has 3 rings (SSSR count). The molecule has 0 aromatic heterocycles. The molecule has 4 unspecified atom stereocenters. The fourth-order valence-electron chi connectivity index (χ4n) is 5.09. The van der Waals surface area contributed by atoms with Gasteiger partial charge in [-0.15, -0.1) is 0 Å². The van der Waals surface area contributed by atoms with Crippen molar-refractivity contribution in [1.82, 2.24) is 0 Å². The summed E-state index contributed by atoms with van der Waals surface area (Å²) in [5, 5.41) is 39.3. The molecule has 2 bridgehead atoms. The summed E-state index contributed by atoms with van der Waals surface area (Å²) in [5.41, 5.74) is -2.80. The van der Waals surface area contributed by atoms with Crippen molar-refractivity contribution in [3.05, 3.63) is 35.9 Å². The summed E-state index contributed by atoms with van der Waals surface area (Å²) in [5.74, 6) is -2.47. The number of nitrogens with zero attached hydrogens (tertiary/aromatic N) is 3. The number of ether oxygens (including phenoxy) is 2. The topological polar surface area (TPSA) is 114 Å². The van der Waals surface area contributed by atoms with Gasteiger partial charge in [0.2, 0.25) is 11.7 Å². The molecule has 1 aromatic carbocycles. The number of fused-ring (bicyclic) bond motifs is 2. The maximum absolute atomic E-state index is 10.3. The third-order valence-electron chi connectivity index (χ3n) is 6.53. The van der Waals surface area contributed by atoms with Crippen LogP contribution in [0.2, 0.25) is 0 Å². The van der Waals surface area contributed by atoms with E-state index in [1.165, 1.54) is 0 Å². The predicted molar refractivity (Wildman–Crippen MR) is 101 cm³/mol. The Bertz CT molecular complexity index is 876. The average Bonchev–Trinajstić information content (AvgIpc) is 2.94. The van der Waals surface area contributed by atoms with Crippen molar-refractivity contribution in [2.75, 3.05) is 0 Å². The maximum atomic E-state index is 10.3. The highest BCUT2D eigenvalue weighted by Crippen LogP contribution is 2.67. The molecular formula is C22H24N4O2. The summed E-state index contributed by atoms with van der Waals surface area (Å²) < 4.78 is 12.6. The van der Waals surface area contributed by atoms with Crippen LogP contribution in [0.1, 0.15) is 45.6 Å². The van der Waals surface area contributed by atoms with Crippen LogP contribution in [0.3, 0.4) is 0 Å². The lowest BCUT2D eigenvalue weighted by atomic mass is 9.51. The molecule has 1 aromatic rings. The van der Waals surface area contributed by atoms with Crippen molar-refractivity contribution in [1.29, 1.82) is 21.2 Å². The van der Waals surface area contributed by atoms with Crippen molar-refractivity contribution in [3.63, 3.8) is 0 Å². The number of hydrogen-bond donors (Lipinski definition) is 1. The summed E-state index contributed by atoms with van der Waals surface area (Å²) in [4.78, 5) is 0. The zero-order chi connectivity index (χ0) is 20.6. The first-order valence-corrected chi connectivity index (χ1v) is 9.73. The van der Waals surface area contributed by atoms with E-state index in [0.29, 0.717) is 24.8 Å². The van der Waals surface area contributed by atoms with E-state index in [1.807, 2.05) is 51.1 Å². The van der Waals surface area contributed by atoms with Gasteiger partial charge in [-0.1, -0.05) is 63.9 Å². The Morgan fingerprint density at radius 2 is 1.64 bits per heavy atom. The lowest BCUT2D eigenvalue weighted by Gasteiger charge is -2.51. The van der Waals surface area contributed by atoms with Crippen molar-refractivity contribution in [2.24, 2.45) is 22.7 Å². The number of hydrogen-bond acceptors (Lipinski definition) is 6. The van der Waals surface area contributed by atoms with Crippen LogP contribution < -0.4 is 0 Å². The molecule has 6 nitrogen and oxygen atoms in total. The molecule has 1 N–H and O–H groups in total. The van der Waals surface area contributed by atoms with E-state index in [-0.39, 0.29) is 11.8 Å². The molecule has 28 heavy (non-hydrogen) atoms. The van der Waals surface area contributed by atoms with E-state index in [2.05, 4.69) is 18.2 Å². The minimum atomic E-state index is -1.81. The van der Waals surface area contributed by atoms with Gasteiger partial charge in [-0.25, -0.2) is 0 Å². The van der Waals surface area contributed by atoms with E-state index >= 15 is 0 Å². The summed E-state index contributed by atoms with van der Waals surface area (Å²) in [6.07, 6.45) is 0.944. The zero-order valence-electron chi connectivity index (χ0n) is 16.4. The molecule has 144 valence electrons. The first kappa shape index (κ1) is 19.9. The van der Waals surface area contributed by atoms with Crippen molar-refractivity contribution in [2.45, 2.75) is 51.9 Å². The second-order valence-electron chi connectivity index (χ2n) is 7.49. The van der Waals surface area contributed by atoms with E-state index < -0.39 is 28.6 Å². The minimum absolute atomic E-state index is 0.123. The van der Waals surface area contributed by atoms with Crippen LogP contribution >= 0.6 is 0 Å². The summed E-state index contributed by atoms with van der Waals surface area (Å²) >= 11 is 0. The fourth-order valence-corrected chi connectivity index (χ4v) is 5.09. The monoisotopic (exact) mass is 376 g/mol. The van der Waals surface area contributed by atoms with Gasteiger partial charge in [0.05, 0.1) is 30.2 Å². The lowest BCUT2D eigenvalue weighted by Crippen LogP contribution is -2.63.